The first kappa shape index (κ1) is 25.5. The molecular formula is C28H35N3O5. The Balaban J connectivity index is 1.35. The fourth-order valence-electron chi connectivity index (χ4n) is 4.98. The minimum Gasteiger partial charge on any atom is -0.497 e. The average Bonchev–Trinajstić information content (AvgIpc) is 3.42. The van der Waals surface area contributed by atoms with Gasteiger partial charge in [-0.25, -0.2) is 4.79 Å². The maximum atomic E-state index is 13.1. The number of amides is 3. The highest BCUT2D eigenvalue weighted by Gasteiger charge is 2.27. The molecule has 1 saturated heterocycles. The van der Waals surface area contributed by atoms with Crippen LogP contribution in [0.25, 0.3) is 0 Å². The minimum absolute atomic E-state index is 0.137. The lowest BCUT2D eigenvalue weighted by atomic mass is 9.96. The second-order valence-corrected chi connectivity index (χ2v) is 9.58. The van der Waals surface area contributed by atoms with Gasteiger partial charge in [0.15, 0.2) is 5.78 Å². The largest absolute Gasteiger partial charge is 0.497 e. The number of benzene rings is 2. The Kier molecular flexibility index (Phi) is 8.13. The van der Waals surface area contributed by atoms with Crippen LogP contribution in [0.5, 0.6) is 11.5 Å². The molecule has 1 heterocycles. The number of aryl methyl sites for hydroxylation is 1. The van der Waals surface area contributed by atoms with Crippen LogP contribution in [0.4, 0.5) is 10.5 Å². The molecule has 36 heavy (non-hydrogen) atoms. The summed E-state index contributed by atoms with van der Waals surface area (Å²) in [5.41, 5.74) is 2.66. The summed E-state index contributed by atoms with van der Waals surface area (Å²) in [7, 11) is 3.08. The summed E-state index contributed by atoms with van der Waals surface area (Å²) in [4.78, 5) is 42.3. The van der Waals surface area contributed by atoms with E-state index in [9.17, 15) is 14.4 Å². The highest BCUT2D eigenvalue weighted by Crippen LogP contribution is 2.30. The quantitative estimate of drug-likeness (QED) is 0.562. The van der Waals surface area contributed by atoms with Crippen LogP contribution in [0.15, 0.2) is 36.4 Å². The molecule has 0 atom stereocenters. The van der Waals surface area contributed by atoms with Crippen LogP contribution in [-0.4, -0.2) is 67.9 Å². The van der Waals surface area contributed by atoms with Gasteiger partial charge in [0.05, 0.1) is 19.8 Å². The number of Topliss-reactive ketones (excluding diaryl/α,β-unsaturated/α-hetero) is 1. The lowest BCUT2D eigenvalue weighted by Crippen LogP contribution is -2.51. The number of hydrogen-bond acceptors (Lipinski definition) is 5. The first-order chi connectivity index (χ1) is 17.4. The maximum Gasteiger partial charge on any atom is 0.321 e. The third kappa shape index (κ3) is 5.80. The van der Waals surface area contributed by atoms with Crippen LogP contribution >= 0.6 is 0 Å². The number of nitrogens with zero attached hydrogens (tertiary/aromatic N) is 2. The smallest absolute Gasteiger partial charge is 0.321 e. The molecule has 8 heteroatoms. The molecule has 1 aliphatic heterocycles. The standard InChI is InChI=1S/C28H35N3O5/c1-19-8-9-21(25(32)16-20-6-4-5-7-20)17-24(19)29-28(34)31-14-12-30(13-15-31)27(33)23-11-10-22(35-2)18-26(23)36-3/h8-11,17-18,20H,4-7,12-16H2,1-3H3,(H,29,34). The third-order valence-electron chi connectivity index (χ3n) is 7.24. The van der Waals surface area contributed by atoms with Crippen molar-refractivity contribution in [2.24, 2.45) is 5.92 Å². The lowest BCUT2D eigenvalue weighted by Gasteiger charge is -2.35. The summed E-state index contributed by atoms with van der Waals surface area (Å²) >= 11 is 0. The van der Waals surface area contributed by atoms with Gasteiger partial charge in [-0.1, -0.05) is 37.8 Å². The molecule has 192 valence electrons. The molecule has 0 spiro atoms. The van der Waals surface area contributed by atoms with Crippen LogP contribution in [0.2, 0.25) is 0 Å². The number of rotatable bonds is 7. The van der Waals surface area contributed by atoms with Crippen LogP contribution in [0, 0.1) is 12.8 Å². The number of ketones is 1. The van der Waals surface area contributed by atoms with Gasteiger partial charge in [-0.3, -0.25) is 9.59 Å². The molecule has 1 saturated carbocycles. The van der Waals surface area contributed by atoms with Gasteiger partial charge in [0.25, 0.3) is 5.91 Å². The number of urea groups is 1. The molecule has 0 unspecified atom stereocenters. The zero-order valence-corrected chi connectivity index (χ0v) is 21.3. The molecule has 2 aliphatic rings. The Morgan fingerprint density at radius 1 is 0.917 bits per heavy atom. The predicted molar refractivity (Wildman–Crippen MR) is 138 cm³/mol. The molecule has 4 rings (SSSR count). The molecule has 0 aromatic heterocycles. The molecule has 0 radical (unpaired) electrons. The summed E-state index contributed by atoms with van der Waals surface area (Å²) in [6.45, 7) is 3.57. The highest BCUT2D eigenvalue weighted by atomic mass is 16.5. The summed E-state index contributed by atoms with van der Waals surface area (Å²) in [6.07, 6.45) is 5.24. The Morgan fingerprint density at radius 2 is 1.61 bits per heavy atom. The molecule has 1 N–H and O–H groups in total. The van der Waals surface area contributed by atoms with E-state index in [2.05, 4.69) is 5.32 Å². The SMILES string of the molecule is COc1ccc(C(=O)N2CCN(C(=O)Nc3cc(C(=O)CC4CCCC4)ccc3C)CC2)c(OC)c1. The van der Waals surface area contributed by atoms with Crippen molar-refractivity contribution in [2.45, 2.75) is 39.0 Å². The van der Waals surface area contributed by atoms with Gasteiger partial charge in [-0.05, 0) is 36.6 Å². The van der Waals surface area contributed by atoms with Crippen molar-refractivity contribution >= 4 is 23.4 Å². The molecular weight excluding hydrogens is 458 g/mol. The molecule has 8 nitrogen and oxygen atoms in total. The highest BCUT2D eigenvalue weighted by molar-refractivity contribution is 5.99. The molecule has 2 fully saturated rings. The van der Waals surface area contributed by atoms with E-state index in [0.29, 0.717) is 66.8 Å². The van der Waals surface area contributed by atoms with E-state index < -0.39 is 0 Å². The zero-order valence-electron chi connectivity index (χ0n) is 21.3. The number of nitrogens with one attached hydrogen (secondary N) is 1. The predicted octanol–water partition coefficient (Wildman–Crippen LogP) is 4.77. The fraction of sp³-hybridized carbons (Fsp3) is 0.464. The van der Waals surface area contributed by atoms with Crippen LogP contribution in [0.3, 0.4) is 0 Å². The maximum absolute atomic E-state index is 13.1. The molecule has 1 aliphatic carbocycles. The van der Waals surface area contributed by atoms with Crippen molar-refractivity contribution in [3.63, 3.8) is 0 Å². The average molecular weight is 494 g/mol. The van der Waals surface area contributed by atoms with E-state index in [4.69, 9.17) is 9.47 Å². The number of carbonyl (C=O) groups excluding carboxylic acids is 3. The number of carbonyl (C=O) groups is 3. The van der Waals surface area contributed by atoms with Crippen molar-refractivity contribution in [3.8, 4) is 11.5 Å². The number of piperazine rings is 1. The van der Waals surface area contributed by atoms with Crippen molar-refractivity contribution < 1.29 is 23.9 Å². The normalized spacial score (nSPS) is 16.1. The van der Waals surface area contributed by atoms with Gasteiger partial charge in [0.1, 0.15) is 11.5 Å². The second kappa shape index (κ2) is 11.5. The minimum atomic E-state index is -0.229. The second-order valence-electron chi connectivity index (χ2n) is 9.58. The van der Waals surface area contributed by atoms with E-state index in [-0.39, 0.29) is 17.7 Å². The Hall–Kier alpha value is -3.55. The van der Waals surface area contributed by atoms with Gasteiger partial charge in [0.2, 0.25) is 0 Å². The van der Waals surface area contributed by atoms with E-state index >= 15 is 0 Å². The lowest BCUT2D eigenvalue weighted by molar-refractivity contribution is 0.0668. The summed E-state index contributed by atoms with van der Waals surface area (Å²) in [5.74, 6) is 1.55. The Bertz CT molecular complexity index is 1120. The van der Waals surface area contributed by atoms with E-state index in [1.54, 1.807) is 41.2 Å². The van der Waals surface area contributed by atoms with Crippen molar-refractivity contribution in [1.82, 2.24) is 9.80 Å². The van der Waals surface area contributed by atoms with Crippen molar-refractivity contribution in [2.75, 3.05) is 45.7 Å². The van der Waals surface area contributed by atoms with Crippen LogP contribution < -0.4 is 14.8 Å². The molecule has 2 aromatic carbocycles. The van der Waals surface area contributed by atoms with E-state index in [1.807, 2.05) is 19.1 Å². The zero-order chi connectivity index (χ0) is 25.7. The van der Waals surface area contributed by atoms with E-state index in [0.717, 1.165) is 18.4 Å². The molecule has 0 bridgehead atoms. The Labute approximate surface area is 212 Å². The first-order valence-electron chi connectivity index (χ1n) is 12.6. The van der Waals surface area contributed by atoms with Gasteiger partial charge in [0, 0.05) is 49.9 Å². The fourth-order valence-corrected chi connectivity index (χ4v) is 4.98. The first-order valence-corrected chi connectivity index (χ1v) is 12.6. The Morgan fingerprint density at radius 3 is 2.28 bits per heavy atom. The topological polar surface area (TPSA) is 88.2 Å². The van der Waals surface area contributed by atoms with Gasteiger partial charge in [-0.15, -0.1) is 0 Å². The monoisotopic (exact) mass is 493 g/mol. The van der Waals surface area contributed by atoms with Crippen LogP contribution in [-0.2, 0) is 0 Å². The van der Waals surface area contributed by atoms with Crippen molar-refractivity contribution in [3.05, 3.63) is 53.1 Å². The van der Waals surface area contributed by atoms with E-state index in [1.165, 1.54) is 20.0 Å². The van der Waals surface area contributed by atoms with Crippen LogP contribution in [0.1, 0.15) is 58.4 Å². The number of methoxy groups -OCH3 is 2. The molecule has 2 aromatic rings. The summed E-state index contributed by atoms with van der Waals surface area (Å²) in [5, 5.41) is 2.97. The van der Waals surface area contributed by atoms with Crippen molar-refractivity contribution in [1.29, 1.82) is 0 Å². The summed E-state index contributed by atoms with van der Waals surface area (Å²) < 4.78 is 10.6. The number of hydrogen-bond donors (Lipinski definition) is 1. The van der Waals surface area contributed by atoms with Gasteiger partial charge < -0.3 is 24.6 Å². The number of anilines is 1. The van der Waals surface area contributed by atoms with Gasteiger partial charge in [-0.2, -0.15) is 0 Å². The summed E-state index contributed by atoms with van der Waals surface area (Å²) in [6, 6.07) is 10.4. The number of ether oxygens (including phenoxy) is 2. The van der Waals surface area contributed by atoms with Gasteiger partial charge >= 0.3 is 6.03 Å². The third-order valence-corrected chi connectivity index (χ3v) is 7.24. The molecule has 3 amide bonds.